The van der Waals surface area contributed by atoms with Gasteiger partial charge in [0.2, 0.25) is 9.05 Å². The second kappa shape index (κ2) is 10.2. The molecule has 1 aromatic rings. The lowest BCUT2D eigenvalue weighted by atomic mass is 10.1. The molecule has 0 amide bonds. The average molecular weight is 319 g/mol. The van der Waals surface area contributed by atoms with E-state index in [0.29, 0.717) is 6.42 Å². The predicted octanol–water partition coefficient (Wildman–Crippen LogP) is 3.76. The van der Waals surface area contributed by atoms with Crippen LogP contribution in [-0.2, 0) is 20.2 Å². The van der Waals surface area contributed by atoms with Crippen LogP contribution < -0.4 is 0 Å². The van der Waals surface area contributed by atoms with Crippen molar-refractivity contribution in [2.45, 2.75) is 38.5 Å². The van der Waals surface area contributed by atoms with Gasteiger partial charge in [0.1, 0.15) is 0 Å². The minimum absolute atomic E-state index is 0.0759. The van der Waals surface area contributed by atoms with Crippen molar-refractivity contribution in [1.82, 2.24) is 0 Å². The van der Waals surface area contributed by atoms with Crippen molar-refractivity contribution in [3.05, 3.63) is 35.9 Å². The van der Waals surface area contributed by atoms with E-state index in [1.165, 1.54) is 5.56 Å². The van der Waals surface area contributed by atoms with Crippen LogP contribution in [0.25, 0.3) is 0 Å². The van der Waals surface area contributed by atoms with Crippen LogP contribution in [0.4, 0.5) is 0 Å². The summed E-state index contributed by atoms with van der Waals surface area (Å²) in [5.74, 6) is 0.0759. The van der Waals surface area contributed by atoms with Crippen molar-refractivity contribution in [3.63, 3.8) is 0 Å². The molecule has 0 fully saturated rings. The first-order valence-corrected chi connectivity index (χ1v) is 9.60. The van der Waals surface area contributed by atoms with E-state index in [-0.39, 0.29) is 5.75 Å². The standard InChI is InChI=1S/C15H23ClO3S/c16-20(17,18)14-7-2-1-6-12-19-13-8-11-15-9-4-3-5-10-15/h3-5,9-10H,1-2,6-8,11-14H2. The van der Waals surface area contributed by atoms with Crippen LogP contribution in [-0.4, -0.2) is 27.4 Å². The lowest BCUT2D eigenvalue weighted by molar-refractivity contribution is 0.128. The quantitative estimate of drug-likeness (QED) is 0.461. The van der Waals surface area contributed by atoms with Gasteiger partial charge in [-0.1, -0.05) is 43.2 Å². The maximum Gasteiger partial charge on any atom is 0.232 e. The Bertz CT molecular complexity index is 445. The third kappa shape index (κ3) is 10.2. The summed E-state index contributed by atoms with van der Waals surface area (Å²) in [4.78, 5) is 0. The Labute approximate surface area is 126 Å². The molecule has 0 unspecified atom stereocenters. The first kappa shape index (κ1) is 17.5. The van der Waals surface area contributed by atoms with E-state index in [4.69, 9.17) is 15.4 Å². The highest BCUT2D eigenvalue weighted by Crippen LogP contribution is 2.06. The minimum Gasteiger partial charge on any atom is -0.381 e. The summed E-state index contributed by atoms with van der Waals surface area (Å²) in [5.41, 5.74) is 1.35. The van der Waals surface area contributed by atoms with E-state index < -0.39 is 9.05 Å². The first-order valence-electron chi connectivity index (χ1n) is 7.12. The van der Waals surface area contributed by atoms with Crippen LogP contribution >= 0.6 is 10.7 Å². The fraction of sp³-hybridized carbons (Fsp3) is 0.600. The zero-order chi connectivity index (χ0) is 14.7. The molecule has 0 saturated heterocycles. The molecule has 0 heterocycles. The van der Waals surface area contributed by atoms with Gasteiger partial charge in [-0.15, -0.1) is 0 Å². The topological polar surface area (TPSA) is 43.4 Å². The van der Waals surface area contributed by atoms with Crippen molar-refractivity contribution >= 4 is 19.7 Å². The second-order valence-corrected chi connectivity index (χ2v) is 7.76. The molecule has 1 aromatic carbocycles. The van der Waals surface area contributed by atoms with Crippen LogP contribution in [0.3, 0.4) is 0 Å². The molecule has 0 saturated carbocycles. The number of benzene rings is 1. The van der Waals surface area contributed by atoms with Gasteiger partial charge in [-0.2, -0.15) is 0 Å². The average Bonchev–Trinajstić information content (AvgIpc) is 2.41. The van der Waals surface area contributed by atoms with E-state index in [0.717, 1.165) is 45.3 Å². The summed E-state index contributed by atoms with van der Waals surface area (Å²) < 4.78 is 27.0. The molecule has 0 aromatic heterocycles. The van der Waals surface area contributed by atoms with Crippen molar-refractivity contribution in [1.29, 1.82) is 0 Å². The number of aryl methyl sites for hydroxylation is 1. The summed E-state index contributed by atoms with van der Waals surface area (Å²) in [6.07, 6.45) is 5.58. The zero-order valence-electron chi connectivity index (χ0n) is 11.8. The molecule has 0 bridgehead atoms. The fourth-order valence-corrected chi connectivity index (χ4v) is 2.83. The van der Waals surface area contributed by atoms with Gasteiger partial charge >= 0.3 is 0 Å². The molecular formula is C15H23ClO3S. The molecule has 5 heteroatoms. The largest absolute Gasteiger partial charge is 0.381 e. The van der Waals surface area contributed by atoms with E-state index in [9.17, 15) is 8.42 Å². The maximum absolute atomic E-state index is 10.7. The van der Waals surface area contributed by atoms with E-state index in [1.54, 1.807) is 0 Å². The summed E-state index contributed by atoms with van der Waals surface area (Å²) in [7, 11) is 1.81. The van der Waals surface area contributed by atoms with Gasteiger partial charge in [0.15, 0.2) is 0 Å². The third-order valence-corrected chi connectivity index (χ3v) is 4.26. The molecule has 0 aliphatic rings. The molecule has 0 atom stereocenters. The number of hydrogen-bond donors (Lipinski definition) is 0. The Morgan fingerprint density at radius 1 is 0.900 bits per heavy atom. The minimum atomic E-state index is -3.31. The Morgan fingerprint density at radius 3 is 2.25 bits per heavy atom. The molecule has 114 valence electrons. The normalized spacial score (nSPS) is 11.7. The number of halogens is 1. The number of unbranched alkanes of at least 4 members (excludes halogenated alkanes) is 3. The molecular weight excluding hydrogens is 296 g/mol. The van der Waals surface area contributed by atoms with Crippen molar-refractivity contribution in [2.24, 2.45) is 0 Å². The van der Waals surface area contributed by atoms with Crippen molar-refractivity contribution < 1.29 is 13.2 Å². The number of hydrogen-bond acceptors (Lipinski definition) is 3. The summed E-state index contributed by atoms with van der Waals surface area (Å²) in [6, 6.07) is 10.4. The second-order valence-electron chi connectivity index (χ2n) is 4.86. The lowest BCUT2D eigenvalue weighted by Gasteiger charge is -2.04. The molecule has 0 aliphatic heterocycles. The molecule has 3 nitrogen and oxygen atoms in total. The maximum atomic E-state index is 10.7. The summed E-state index contributed by atoms with van der Waals surface area (Å²) in [6.45, 7) is 1.54. The van der Waals surface area contributed by atoms with E-state index >= 15 is 0 Å². The lowest BCUT2D eigenvalue weighted by Crippen LogP contribution is -2.00. The van der Waals surface area contributed by atoms with Crippen molar-refractivity contribution in [2.75, 3.05) is 19.0 Å². The highest BCUT2D eigenvalue weighted by atomic mass is 35.7. The SMILES string of the molecule is O=S(=O)(Cl)CCCCCCOCCCc1ccccc1. The highest BCUT2D eigenvalue weighted by Gasteiger charge is 2.03. The van der Waals surface area contributed by atoms with Crippen LogP contribution in [0.5, 0.6) is 0 Å². The van der Waals surface area contributed by atoms with Crippen molar-refractivity contribution in [3.8, 4) is 0 Å². The molecule has 0 spiro atoms. The summed E-state index contributed by atoms with van der Waals surface area (Å²) in [5, 5.41) is 0. The van der Waals surface area contributed by atoms with Crippen LogP contribution in [0.15, 0.2) is 30.3 Å². The number of rotatable bonds is 11. The van der Waals surface area contributed by atoms with Gasteiger partial charge in [-0.25, -0.2) is 8.42 Å². The molecule has 0 radical (unpaired) electrons. The number of ether oxygens (including phenoxy) is 1. The third-order valence-electron chi connectivity index (χ3n) is 3.02. The Kier molecular flexibility index (Phi) is 8.90. The van der Waals surface area contributed by atoms with Crippen LogP contribution in [0.1, 0.15) is 37.7 Å². The fourth-order valence-electron chi connectivity index (χ4n) is 1.96. The van der Waals surface area contributed by atoms with Gasteiger partial charge in [0.25, 0.3) is 0 Å². The summed E-state index contributed by atoms with van der Waals surface area (Å²) >= 11 is 0. The van der Waals surface area contributed by atoms with Gasteiger partial charge in [0.05, 0.1) is 5.75 Å². The van der Waals surface area contributed by atoms with Gasteiger partial charge in [0, 0.05) is 23.9 Å². The molecule has 20 heavy (non-hydrogen) atoms. The smallest absolute Gasteiger partial charge is 0.232 e. The first-order chi connectivity index (χ1) is 9.58. The Morgan fingerprint density at radius 2 is 1.55 bits per heavy atom. The Hall–Kier alpha value is -0.580. The monoisotopic (exact) mass is 318 g/mol. The molecule has 1 rings (SSSR count). The van der Waals surface area contributed by atoms with E-state index in [2.05, 4.69) is 24.3 Å². The predicted molar refractivity (Wildman–Crippen MR) is 83.7 cm³/mol. The van der Waals surface area contributed by atoms with Crippen LogP contribution in [0.2, 0.25) is 0 Å². The van der Waals surface area contributed by atoms with Gasteiger partial charge < -0.3 is 4.74 Å². The van der Waals surface area contributed by atoms with Gasteiger partial charge in [-0.3, -0.25) is 0 Å². The highest BCUT2D eigenvalue weighted by molar-refractivity contribution is 8.13. The van der Waals surface area contributed by atoms with Gasteiger partial charge in [-0.05, 0) is 31.2 Å². The zero-order valence-corrected chi connectivity index (χ0v) is 13.3. The Balaban J connectivity index is 1.86. The molecule has 0 N–H and O–H groups in total. The van der Waals surface area contributed by atoms with Crippen LogP contribution in [0, 0.1) is 0 Å². The van der Waals surface area contributed by atoms with E-state index in [1.807, 2.05) is 6.07 Å². The molecule has 0 aliphatic carbocycles.